The summed E-state index contributed by atoms with van der Waals surface area (Å²) >= 11 is 0. The lowest BCUT2D eigenvalue weighted by molar-refractivity contribution is -0.107. The van der Waals surface area contributed by atoms with Gasteiger partial charge in [0.15, 0.2) is 0 Å². The molecule has 5 heteroatoms. The molecule has 1 N–H and O–H groups in total. The summed E-state index contributed by atoms with van der Waals surface area (Å²) in [6.45, 7) is 5.31. The first-order valence-electron chi connectivity index (χ1n) is 8.85. The van der Waals surface area contributed by atoms with E-state index in [0.29, 0.717) is 5.92 Å². The van der Waals surface area contributed by atoms with Crippen LogP contribution in [0.15, 0.2) is 48.8 Å². The highest BCUT2D eigenvalue weighted by atomic mass is 16.1. The molecule has 0 saturated heterocycles. The van der Waals surface area contributed by atoms with Crippen molar-refractivity contribution in [2.75, 3.05) is 23.8 Å². The molecule has 0 aliphatic carbocycles. The van der Waals surface area contributed by atoms with Crippen molar-refractivity contribution in [2.45, 2.75) is 20.3 Å². The summed E-state index contributed by atoms with van der Waals surface area (Å²) in [6, 6.07) is 14.1. The van der Waals surface area contributed by atoms with Crippen LogP contribution >= 0.6 is 0 Å². The Morgan fingerprint density at radius 1 is 1.08 bits per heavy atom. The molecule has 3 rings (SSSR count). The standard InChI is InChI=1S/C21H24N4O/c1-15(2)10-11-22-21-19-12-17(6-9-20(19)23-13-24-21)16-4-7-18(8-5-16)25(3)14-26/h4-9,12-15H,10-11H2,1-3H3,(H,22,23,24). The van der Waals surface area contributed by atoms with E-state index in [-0.39, 0.29) is 0 Å². The van der Waals surface area contributed by atoms with E-state index in [1.165, 1.54) is 0 Å². The summed E-state index contributed by atoms with van der Waals surface area (Å²) in [7, 11) is 1.74. The third-order valence-electron chi connectivity index (χ3n) is 4.42. The summed E-state index contributed by atoms with van der Waals surface area (Å²) in [5, 5.41) is 4.45. The molecule has 0 spiro atoms. The van der Waals surface area contributed by atoms with Crippen LogP contribution in [0.3, 0.4) is 0 Å². The van der Waals surface area contributed by atoms with Gasteiger partial charge in [-0.3, -0.25) is 4.79 Å². The Labute approximate surface area is 154 Å². The molecule has 1 aromatic heterocycles. The molecule has 0 bridgehead atoms. The minimum Gasteiger partial charge on any atom is -0.369 e. The molecule has 3 aromatic rings. The van der Waals surface area contributed by atoms with Crippen molar-refractivity contribution in [1.82, 2.24) is 9.97 Å². The second kappa shape index (κ2) is 7.95. The van der Waals surface area contributed by atoms with Crippen molar-refractivity contribution < 1.29 is 4.79 Å². The number of fused-ring (bicyclic) bond motifs is 1. The number of amides is 1. The molecular formula is C21H24N4O. The Morgan fingerprint density at radius 2 is 1.81 bits per heavy atom. The highest BCUT2D eigenvalue weighted by Crippen LogP contribution is 2.28. The highest BCUT2D eigenvalue weighted by Gasteiger charge is 2.07. The normalized spacial score (nSPS) is 10.9. The maximum atomic E-state index is 10.9. The first kappa shape index (κ1) is 17.9. The smallest absolute Gasteiger partial charge is 0.213 e. The topological polar surface area (TPSA) is 58.1 Å². The first-order chi connectivity index (χ1) is 12.6. The lowest BCUT2D eigenvalue weighted by Crippen LogP contribution is -2.13. The zero-order chi connectivity index (χ0) is 18.5. The maximum absolute atomic E-state index is 10.9. The number of aromatic nitrogens is 2. The number of hydrogen-bond donors (Lipinski definition) is 1. The zero-order valence-electron chi connectivity index (χ0n) is 15.4. The predicted octanol–water partition coefficient (Wildman–Crippen LogP) is 4.35. The summed E-state index contributed by atoms with van der Waals surface area (Å²) in [4.78, 5) is 21.2. The molecule has 0 radical (unpaired) electrons. The third kappa shape index (κ3) is 3.99. The molecule has 134 valence electrons. The van der Waals surface area contributed by atoms with Crippen LogP contribution in [-0.4, -0.2) is 30.0 Å². The Morgan fingerprint density at radius 3 is 2.50 bits per heavy atom. The van der Waals surface area contributed by atoms with E-state index in [4.69, 9.17) is 0 Å². The van der Waals surface area contributed by atoms with Gasteiger partial charge in [-0.15, -0.1) is 0 Å². The predicted molar refractivity (Wildman–Crippen MR) is 107 cm³/mol. The second-order valence-corrected chi connectivity index (χ2v) is 6.83. The van der Waals surface area contributed by atoms with E-state index in [2.05, 4.69) is 41.3 Å². The Balaban J connectivity index is 1.91. The van der Waals surface area contributed by atoms with Gasteiger partial charge in [0, 0.05) is 24.7 Å². The Kier molecular flexibility index (Phi) is 5.46. The molecule has 0 aliphatic heterocycles. The third-order valence-corrected chi connectivity index (χ3v) is 4.42. The van der Waals surface area contributed by atoms with Gasteiger partial charge >= 0.3 is 0 Å². The van der Waals surface area contributed by atoms with Crippen molar-refractivity contribution in [2.24, 2.45) is 5.92 Å². The van der Waals surface area contributed by atoms with Crippen LogP contribution in [-0.2, 0) is 4.79 Å². The van der Waals surface area contributed by atoms with Crippen molar-refractivity contribution >= 4 is 28.8 Å². The summed E-state index contributed by atoms with van der Waals surface area (Å²) in [5.74, 6) is 1.52. The van der Waals surface area contributed by atoms with Gasteiger partial charge in [0.2, 0.25) is 6.41 Å². The van der Waals surface area contributed by atoms with Crippen LogP contribution in [0.25, 0.3) is 22.0 Å². The molecular weight excluding hydrogens is 324 g/mol. The monoisotopic (exact) mass is 348 g/mol. The van der Waals surface area contributed by atoms with Crippen molar-refractivity contribution in [3.8, 4) is 11.1 Å². The van der Waals surface area contributed by atoms with Gasteiger partial charge in [0.25, 0.3) is 0 Å². The number of benzene rings is 2. The number of nitrogens with one attached hydrogen (secondary N) is 1. The first-order valence-corrected chi connectivity index (χ1v) is 8.85. The molecule has 1 heterocycles. The average Bonchev–Trinajstić information content (AvgIpc) is 2.67. The second-order valence-electron chi connectivity index (χ2n) is 6.83. The highest BCUT2D eigenvalue weighted by molar-refractivity contribution is 5.92. The van der Waals surface area contributed by atoms with E-state index in [0.717, 1.165) is 52.9 Å². The molecule has 0 fully saturated rings. The average molecular weight is 348 g/mol. The fourth-order valence-electron chi connectivity index (χ4n) is 2.81. The SMILES string of the molecule is CC(C)CCNc1ncnc2ccc(-c3ccc(N(C)C=O)cc3)cc12. The zero-order valence-corrected chi connectivity index (χ0v) is 15.4. The molecule has 2 aromatic carbocycles. The molecule has 5 nitrogen and oxygen atoms in total. The molecule has 0 unspecified atom stereocenters. The number of anilines is 2. The van der Waals surface area contributed by atoms with Gasteiger partial charge in [0.05, 0.1) is 5.52 Å². The fraction of sp³-hybridized carbons (Fsp3) is 0.286. The van der Waals surface area contributed by atoms with Crippen molar-refractivity contribution in [3.05, 3.63) is 48.8 Å². The number of carbonyl (C=O) groups excluding carboxylic acids is 1. The van der Waals surface area contributed by atoms with E-state index < -0.39 is 0 Å². The van der Waals surface area contributed by atoms with E-state index >= 15 is 0 Å². The van der Waals surface area contributed by atoms with Gasteiger partial charge in [-0.1, -0.05) is 32.0 Å². The van der Waals surface area contributed by atoms with Crippen LogP contribution < -0.4 is 10.2 Å². The molecule has 26 heavy (non-hydrogen) atoms. The van der Waals surface area contributed by atoms with Gasteiger partial charge in [-0.2, -0.15) is 0 Å². The lowest BCUT2D eigenvalue weighted by atomic mass is 10.0. The molecule has 1 amide bonds. The quantitative estimate of drug-likeness (QED) is 0.645. The van der Waals surface area contributed by atoms with Crippen LogP contribution in [0.2, 0.25) is 0 Å². The number of carbonyl (C=O) groups is 1. The maximum Gasteiger partial charge on any atom is 0.213 e. The molecule has 0 atom stereocenters. The molecule has 0 saturated carbocycles. The van der Waals surface area contributed by atoms with Gasteiger partial charge < -0.3 is 10.2 Å². The van der Waals surface area contributed by atoms with E-state index in [9.17, 15) is 4.79 Å². The largest absolute Gasteiger partial charge is 0.369 e. The molecule has 0 aliphatic rings. The Hall–Kier alpha value is -2.95. The van der Waals surface area contributed by atoms with Crippen LogP contribution in [0.4, 0.5) is 11.5 Å². The van der Waals surface area contributed by atoms with Gasteiger partial charge in [0.1, 0.15) is 12.1 Å². The van der Waals surface area contributed by atoms with Gasteiger partial charge in [-0.05, 0) is 47.7 Å². The minimum atomic E-state index is 0.647. The minimum absolute atomic E-state index is 0.647. The lowest BCUT2D eigenvalue weighted by Gasteiger charge is -2.12. The summed E-state index contributed by atoms with van der Waals surface area (Å²) in [5.41, 5.74) is 3.98. The van der Waals surface area contributed by atoms with Crippen LogP contribution in [0.1, 0.15) is 20.3 Å². The van der Waals surface area contributed by atoms with Crippen molar-refractivity contribution in [1.29, 1.82) is 0 Å². The van der Waals surface area contributed by atoms with E-state index in [1.807, 2.05) is 30.3 Å². The van der Waals surface area contributed by atoms with Crippen molar-refractivity contribution in [3.63, 3.8) is 0 Å². The van der Waals surface area contributed by atoms with Gasteiger partial charge in [-0.25, -0.2) is 9.97 Å². The van der Waals surface area contributed by atoms with E-state index in [1.54, 1.807) is 18.3 Å². The van der Waals surface area contributed by atoms with Crippen LogP contribution in [0.5, 0.6) is 0 Å². The summed E-state index contributed by atoms with van der Waals surface area (Å²) < 4.78 is 0. The summed E-state index contributed by atoms with van der Waals surface area (Å²) in [6.07, 6.45) is 3.50. The Bertz CT molecular complexity index is 890. The number of nitrogens with zero attached hydrogens (tertiary/aromatic N) is 3. The number of rotatable bonds is 7. The number of hydrogen-bond acceptors (Lipinski definition) is 4. The fourth-order valence-corrected chi connectivity index (χ4v) is 2.81. The van der Waals surface area contributed by atoms with Crippen LogP contribution in [0, 0.1) is 5.92 Å².